The van der Waals surface area contributed by atoms with Gasteiger partial charge in [-0.1, -0.05) is 12.1 Å². The molecule has 1 aromatic heterocycles. The van der Waals surface area contributed by atoms with Gasteiger partial charge in [0, 0.05) is 30.8 Å². The van der Waals surface area contributed by atoms with E-state index in [9.17, 15) is 18.8 Å². The first kappa shape index (κ1) is 22.7. The molecule has 0 N–H and O–H groups in total. The Morgan fingerprint density at radius 3 is 2.35 bits per heavy atom. The van der Waals surface area contributed by atoms with E-state index in [4.69, 9.17) is 4.74 Å². The van der Waals surface area contributed by atoms with E-state index in [1.807, 2.05) is 0 Å². The summed E-state index contributed by atoms with van der Waals surface area (Å²) < 4.78 is 20.1. The maximum absolute atomic E-state index is 13.5. The summed E-state index contributed by atoms with van der Waals surface area (Å²) in [6.07, 6.45) is 1.63. The van der Waals surface area contributed by atoms with Crippen molar-refractivity contribution in [2.75, 3.05) is 6.61 Å². The lowest BCUT2D eigenvalue weighted by Crippen LogP contribution is -2.43. The van der Waals surface area contributed by atoms with Crippen molar-refractivity contribution in [2.45, 2.75) is 53.1 Å². The Morgan fingerprint density at radius 1 is 1.19 bits per heavy atom. The number of ketones is 1. The summed E-state index contributed by atoms with van der Waals surface area (Å²) in [6.45, 7) is 7.41. The van der Waals surface area contributed by atoms with Gasteiger partial charge < -0.3 is 14.2 Å². The van der Waals surface area contributed by atoms with Crippen LogP contribution in [-0.2, 0) is 23.1 Å². The van der Waals surface area contributed by atoms with Gasteiger partial charge >= 0.3 is 5.97 Å². The largest absolute Gasteiger partial charge is 0.461 e. The van der Waals surface area contributed by atoms with Gasteiger partial charge in [-0.05, 0) is 63.8 Å². The first-order chi connectivity index (χ1) is 14.7. The molecule has 1 atom stereocenters. The molecule has 3 rings (SSSR count). The van der Waals surface area contributed by atoms with Gasteiger partial charge in [-0.2, -0.15) is 0 Å². The molecule has 1 aliphatic rings. The summed E-state index contributed by atoms with van der Waals surface area (Å²) in [4.78, 5) is 40.5. The Labute approximate surface area is 182 Å². The van der Waals surface area contributed by atoms with Gasteiger partial charge in [-0.25, -0.2) is 9.18 Å². The Hall–Kier alpha value is -2.96. The van der Waals surface area contributed by atoms with Gasteiger partial charge in [0.15, 0.2) is 5.78 Å². The number of hydrogen-bond donors (Lipinski definition) is 0. The summed E-state index contributed by atoms with van der Waals surface area (Å²) in [5, 5.41) is 0. The molecule has 0 saturated heterocycles. The molecule has 0 radical (unpaired) electrons. The minimum Gasteiger partial charge on any atom is -0.461 e. The van der Waals surface area contributed by atoms with Crippen molar-refractivity contribution in [3.8, 4) is 0 Å². The maximum atomic E-state index is 13.5. The topological polar surface area (TPSA) is 68.6 Å². The summed E-state index contributed by atoms with van der Waals surface area (Å²) in [5.41, 5.74) is 2.73. The SMILES string of the molecule is CCOC(=O)c1c(C)c(C(=O)[C@@H](C)N(Cc2ccc(F)cc2)C(=O)C2CC2)c(C)n1C. The molecule has 1 aromatic carbocycles. The van der Waals surface area contributed by atoms with E-state index in [0.29, 0.717) is 22.5 Å². The predicted molar refractivity (Wildman–Crippen MR) is 114 cm³/mol. The third-order valence-electron chi connectivity index (χ3n) is 5.97. The molecule has 0 spiro atoms. The molecule has 1 saturated carbocycles. The molecule has 166 valence electrons. The van der Waals surface area contributed by atoms with E-state index in [2.05, 4.69) is 0 Å². The minimum atomic E-state index is -0.729. The first-order valence-corrected chi connectivity index (χ1v) is 10.6. The number of ether oxygens (including phenoxy) is 1. The second-order valence-electron chi connectivity index (χ2n) is 8.12. The molecule has 6 nitrogen and oxygen atoms in total. The molecule has 1 fully saturated rings. The lowest BCUT2D eigenvalue weighted by atomic mass is 9.99. The normalized spacial score (nSPS) is 14.3. The van der Waals surface area contributed by atoms with Gasteiger partial charge in [0.25, 0.3) is 0 Å². The fourth-order valence-corrected chi connectivity index (χ4v) is 3.94. The zero-order chi connectivity index (χ0) is 22.9. The summed E-state index contributed by atoms with van der Waals surface area (Å²) in [7, 11) is 1.72. The summed E-state index contributed by atoms with van der Waals surface area (Å²) >= 11 is 0. The Kier molecular flexibility index (Phi) is 6.62. The number of Topliss-reactive ketones (excluding diaryl/α,β-unsaturated/α-hetero) is 1. The van der Waals surface area contributed by atoms with Crippen LogP contribution in [0.5, 0.6) is 0 Å². The third kappa shape index (κ3) is 4.55. The fourth-order valence-electron chi connectivity index (χ4n) is 3.94. The van der Waals surface area contributed by atoms with Crippen molar-refractivity contribution in [3.05, 3.63) is 58.2 Å². The van der Waals surface area contributed by atoms with Crippen LogP contribution >= 0.6 is 0 Å². The molecule has 0 bridgehead atoms. The molecule has 31 heavy (non-hydrogen) atoms. The Balaban J connectivity index is 1.94. The highest BCUT2D eigenvalue weighted by molar-refractivity contribution is 6.06. The first-order valence-electron chi connectivity index (χ1n) is 10.6. The second kappa shape index (κ2) is 9.04. The predicted octanol–water partition coefficient (Wildman–Crippen LogP) is 3.97. The van der Waals surface area contributed by atoms with Crippen molar-refractivity contribution in [1.29, 1.82) is 0 Å². The van der Waals surface area contributed by atoms with Crippen LogP contribution in [0.2, 0.25) is 0 Å². The van der Waals surface area contributed by atoms with E-state index in [1.54, 1.807) is 56.3 Å². The van der Waals surface area contributed by atoms with E-state index < -0.39 is 12.0 Å². The van der Waals surface area contributed by atoms with E-state index in [0.717, 1.165) is 18.4 Å². The lowest BCUT2D eigenvalue weighted by molar-refractivity contribution is -0.134. The Bertz CT molecular complexity index is 1010. The van der Waals surface area contributed by atoms with Crippen molar-refractivity contribution in [2.24, 2.45) is 13.0 Å². The van der Waals surface area contributed by atoms with Crippen molar-refractivity contribution in [3.63, 3.8) is 0 Å². The number of esters is 1. The quantitative estimate of drug-likeness (QED) is 0.471. The third-order valence-corrected chi connectivity index (χ3v) is 5.97. The average Bonchev–Trinajstić information content (AvgIpc) is 3.55. The van der Waals surface area contributed by atoms with Gasteiger partial charge in [0.2, 0.25) is 5.91 Å². The van der Waals surface area contributed by atoms with E-state index >= 15 is 0 Å². The smallest absolute Gasteiger partial charge is 0.355 e. The van der Waals surface area contributed by atoms with Crippen LogP contribution in [0.3, 0.4) is 0 Å². The van der Waals surface area contributed by atoms with Gasteiger partial charge in [0.05, 0.1) is 12.6 Å². The van der Waals surface area contributed by atoms with Crippen LogP contribution in [0, 0.1) is 25.6 Å². The van der Waals surface area contributed by atoms with Crippen LogP contribution in [0.25, 0.3) is 0 Å². The second-order valence-corrected chi connectivity index (χ2v) is 8.12. The minimum absolute atomic E-state index is 0.0660. The number of aromatic nitrogens is 1. The zero-order valence-electron chi connectivity index (χ0n) is 18.7. The molecule has 0 unspecified atom stereocenters. The number of halogens is 1. The molecule has 2 aromatic rings. The van der Waals surface area contributed by atoms with Crippen LogP contribution in [-0.4, -0.2) is 39.8 Å². The zero-order valence-corrected chi connectivity index (χ0v) is 18.7. The monoisotopic (exact) mass is 428 g/mol. The van der Waals surface area contributed by atoms with Crippen molar-refractivity contribution < 1.29 is 23.5 Å². The molecular weight excluding hydrogens is 399 g/mol. The summed E-state index contributed by atoms with van der Waals surface area (Å²) in [6, 6.07) is 5.21. The highest BCUT2D eigenvalue weighted by Crippen LogP contribution is 2.33. The highest BCUT2D eigenvalue weighted by atomic mass is 19.1. The molecule has 0 aliphatic heterocycles. The van der Waals surface area contributed by atoms with Gasteiger partial charge in [-0.3, -0.25) is 9.59 Å². The van der Waals surface area contributed by atoms with Crippen LogP contribution in [0.1, 0.15) is 64.4 Å². The maximum Gasteiger partial charge on any atom is 0.355 e. The highest BCUT2D eigenvalue weighted by Gasteiger charge is 2.38. The van der Waals surface area contributed by atoms with Gasteiger partial charge in [0.1, 0.15) is 11.5 Å². The molecule has 7 heteroatoms. The van der Waals surface area contributed by atoms with Crippen molar-refractivity contribution in [1.82, 2.24) is 9.47 Å². The molecular formula is C24H29FN2O4. The van der Waals surface area contributed by atoms with E-state index in [-0.39, 0.29) is 36.6 Å². The van der Waals surface area contributed by atoms with Crippen LogP contribution in [0.15, 0.2) is 24.3 Å². The number of hydrogen-bond acceptors (Lipinski definition) is 4. The standard InChI is InChI=1S/C24H29FN2O4/c1-6-31-24(30)21-14(2)20(15(3)26(21)5)22(28)16(4)27(23(29)18-9-10-18)13-17-7-11-19(25)12-8-17/h7-8,11-12,16,18H,6,9-10,13H2,1-5H3/t16-/m1/s1. The molecule has 1 amide bonds. The lowest BCUT2D eigenvalue weighted by Gasteiger charge is -2.29. The fraction of sp³-hybridized carbons (Fsp3) is 0.458. The number of benzene rings is 1. The van der Waals surface area contributed by atoms with Crippen molar-refractivity contribution >= 4 is 17.7 Å². The number of amides is 1. The average molecular weight is 429 g/mol. The summed E-state index contributed by atoms with van der Waals surface area (Å²) in [5.74, 6) is -1.19. The number of rotatable bonds is 8. The molecule has 1 heterocycles. The number of carbonyl (C=O) groups is 3. The van der Waals surface area contributed by atoms with Crippen LogP contribution < -0.4 is 0 Å². The molecule has 1 aliphatic carbocycles. The van der Waals surface area contributed by atoms with Crippen LogP contribution in [0.4, 0.5) is 4.39 Å². The van der Waals surface area contributed by atoms with Gasteiger partial charge in [-0.15, -0.1) is 0 Å². The number of nitrogens with zero attached hydrogens (tertiary/aromatic N) is 2. The Morgan fingerprint density at radius 2 is 1.81 bits per heavy atom. The number of carbonyl (C=O) groups excluding carboxylic acids is 3. The van der Waals surface area contributed by atoms with E-state index in [1.165, 1.54) is 12.1 Å².